The van der Waals surface area contributed by atoms with Crippen LogP contribution in [0.25, 0.3) is 11.0 Å². The fourth-order valence-electron chi connectivity index (χ4n) is 2.28. The monoisotopic (exact) mass is 217 g/mol. The average Bonchev–Trinajstić information content (AvgIpc) is 2.60. The number of nitrogens with zero attached hydrogens (tertiary/aromatic N) is 3. The van der Waals surface area contributed by atoms with Crippen LogP contribution in [0, 0.1) is 5.92 Å². The van der Waals surface area contributed by atoms with E-state index in [1.165, 1.54) is 5.69 Å². The minimum Gasteiger partial charge on any atom is -0.396 e. The molecule has 1 fully saturated rings. The van der Waals surface area contributed by atoms with Gasteiger partial charge >= 0.3 is 0 Å². The Bertz CT molecular complexity index is 514. The SMILES string of the molecule is Cn1cnc2c(N3CC(CO)C3)cccc21. The van der Waals surface area contributed by atoms with Crippen LogP contribution in [0.3, 0.4) is 0 Å². The molecule has 84 valence electrons. The minimum atomic E-state index is 0.286. The fourth-order valence-corrected chi connectivity index (χ4v) is 2.28. The predicted octanol–water partition coefficient (Wildman–Crippen LogP) is 1.00. The van der Waals surface area contributed by atoms with E-state index in [1.54, 1.807) is 0 Å². The summed E-state index contributed by atoms with van der Waals surface area (Å²) in [4.78, 5) is 6.70. The molecule has 1 saturated heterocycles. The normalized spacial score (nSPS) is 16.8. The molecule has 1 aliphatic heterocycles. The van der Waals surface area contributed by atoms with Gasteiger partial charge in [0.2, 0.25) is 0 Å². The standard InChI is InChI=1S/C12H15N3O/c1-14-8-13-12-10(14)3-2-4-11(12)15-5-9(6-15)7-16/h2-4,8-9,16H,5-7H2,1H3. The molecule has 2 heterocycles. The largest absolute Gasteiger partial charge is 0.396 e. The summed E-state index contributed by atoms with van der Waals surface area (Å²) in [6.07, 6.45) is 1.84. The molecule has 0 bridgehead atoms. The van der Waals surface area contributed by atoms with Gasteiger partial charge in [-0.1, -0.05) is 6.07 Å². The zero-order valence-corrected chi connectivity index (χ0v) is 9.30. The number of fused-ring (bicyclic) bond motifs is 1. The molecule has 1 N–H and O–H groups in total. The summed E-state index contributed by atoms with van der Waals surface area (Å²) in [6.45, 7) is 2.16. The highest BCUT2D eigenvalue weighted by Crippen LogP contribution is 2.30. The Kier molecular flexibility index (Phi) is 2.11. The third-order valence-corrected chi connectivity index (χ3v) is 3.29. The summed E-state index contributed by atoms with van der Waals surface area (Å²) in [5, 5.41) is 9.02. The number of aryl methyl sites for hydroxylation is 1. The van der Waals surface area contributed by atoms with Gasteiger partial charge in [-0.05, 0) is 12.1 Å². The Hall–Kier alpha value is -1.55. The minimum absolute atomic E-state index is 0.286. The molecule has 0 unspecified atom stereocenters. The van der Waals surface area contributed by atoms with Gasteiger partial charge in [0.15, 0.2) is 0 Å². The zero-order valence-electron chi connectivity index (χ0n) is 9.30. The van der Waals surface area contributed by atoms with Crippen LogP contribution in [0.2, 0.25) is 0 Å². The van der Waals surface area contributed by atoms with Crippen LogP contribution in [0.1, 0.15) is 0 Å². The molecule has 0 aliphatic carbocycles. The maximum atomic E-state index is 9.02. The van der Waals surface area contributed by atoms with Crippen LogP contribution in [0.5, 0.6) is 0 Å². The van der Waals surface area contributed by atoms with Gasteiger partial charge in [-0.15, -0.1) is 0 Å². The Morgan fingerprint density at radius 3 is 3.00 bits per heavy atom. The molecule has 3 rings (SSSR count). The number of aliphatic hydroxyl groups excluding tert-OH is 1. The van der Waals surface area contributed by atoms with Crippen molar-refractivity contribution >= 4 is 16.7 Å². The number of imidazole rings is 1. The van der Waals surface area contributed by atoms with Crippen molar-refractivity contribution in [2.75, 3.05) is 24.6 Å². The van der Waals surface area contributed by atoms with Crippen LogP contribution in [-0.4, -0.2) is 34.4 Å². The highest BCUT2D eigenvalue weighted by molar-refractivity contribution is 5.89. The van der Waals surface area contributed by atoms with Gasteiger partial charge in [0.05, 0.1) is 17.5 Å². The van der Waals surface area contributed by atoms with Crippen molar-refractivity contribution < 1.29 is 5.11 Å². The molecule has 0 amide bonds. The van der Waals surface area contributed by atoms with E-state index in [2.05, 4.69) is 28.1 Å². The van der Waals surface area contributed by atoms with Crippen molar-refractivity contribution in [2.45, 2.75) is 0 Å². The van der Waals surface area contributed by atoms with Gasteiger partial charge in [0, 0.05) is 32.7 Å². The van der Waals surface area contributed by atoms with Crippen LogP contribution < -0.4 is 4.90 Å². The second-order valence-corrected chi connectivity index (χ2v) is 4.45. The summed E-state index contributed by atoms with van der Waals surface area (Å²) in [6, 6.07) is 6.24. The van der Waals surface area contributed by atoms with E-state index in [0.29, 0.717) is 5.92 Å². The van der Waals surface area contributed by atoms with Crippen molar-refractivity contribution in [1.82, 2.24) is 9.55 Å². The van der Waals surface area contributed by atoms with Crippen molar-refractivity contribution in [3.8, 4) is 0 Å². The number of aromatic nitrogens is 2. The number of anilines is 1. The molecule has 16 heavy (non-hydrogen) atoms. The molecular weight excluding hydrogens is 202 g/mol. The first-order chi connectivity index (χ1) is 7.79. The van der Waals surface area contributed by atoms with E-state index in [9.17, 15) is 0 Å². The fraction of sp³-hybridized carbons (Fsp3) is 0.417. The molecule has 4 nitrogen and oxygen atoms in total. The Morgan fingerprint density at radius 1 is 1.44 bits per heavy atom. The summed E-state index contributed by atoms with van der Waals surface area (Å²) >= 11 is 0. The van der Waals surface area contributed by atoms with Crippen LogP contribution in [0.15, 0.2) is 24.5 Å². The van der Waals surface area contributed by atoms with Gasteiger partial charge in [-0.25, -0.2) is 4.98 Å². The molecule has 1 aromatic heterocycles. The maximum Gasteiger partial charge on any atom is 0.112 e. The molecule has 0 radical (unpaired) electrons. The third-order valence-electron chi connectivity index (χ3n) is 3.29. The topological polar surface area (TPSA) is 41.3 Å². The second kappa shape index (κ2) is 3.49. The molecule has 4 heteroatoms. The van der Waals surface area contributed by atoms with Crippen LogP contribution in [-0.2, 0) is 7.05 Å². The lowest BCUT2D eigenvalue weighted by molar-refractivity contribution is 0.201. The first-order valence-corrected chi connectivity index (χ1v) is 5.55. The van der Waals surface area contributed by atoms with Gasteiger partial charge in [0.1, 0.15) is 5.52 Å². The molecule has 0 saturated carbocycles. The lowest BCUT2D eigenvalue weighted by Crippen LogP contribution is -2.48. The van der Waals surface area contributed by atoms with Crippen LogP contribution >= 0.6 is 0 Å². The second-order valence-electron chi connectivity index (χ2n) is 4.45. The molecule has 2 aromatic rings. The predicted molar refractivity (Wildman–Crippen MR) is 63.5 cm³/mol. The lowest BCUT2D eigenvalue weighted by Gasteiger charge is -2.40. The van der Waals surface area contributed by atoms with Crippen molar-refractivity contribution in [1.29, 1.82) is 0 Å². The smallest absolute Gasteiger partial charge is 0.112 e. The van der Waals surface area contributed by atoms with E-state index in [-0.39, 0.29) is 6.61 Å². The van der Waals surface area contributed by atoms with E-state index in [0.717, 1.165) is 24.1 Å². The summed E-state index contributed by atoms with van der Waals surface area (Å²) < 4.78 is 2.03. The summed E-state index contributed by atoms with van der Waals surface area (Å²) in [5.74, 6) is 0.430. The van der Waals surface area contributed by atoms with E-state index < -0.39 is 0 Å². The lowest BCUT2D eigenvalue weighted by atomic mass is 10.00. The Morgan fingerprint density at radius 2 is 2.25 bits per heavy atom. The molecule has 1 aromatic carbocycles. The van der Waals surface area contributed by atoms with Crippen molar-refractivity contribution in [3.05, 3.63) is 24.5 Å². The van der Waals surface area contributed by atoms with Gasteiger partial charge in [0.25, 0.3) is 0 Å². The first kappa shape index (κ1) is 9.66. The molecule has 1 aliphatic rings. The summed E-state index contributed by atoms with van der Waals surface area (Å²) in [7, 11) is 2.01. The van der Waals surface area contributed by atoms with Gasteiger partial charge in [-0.3, -0.25) is 0 Å². The Labute approximate surface area is 94.1 Å². The highest BCUT2D eigenvalue weighted by atomic mass is 16.3. The highest BCUT2D eigenvalue weighted by Gasteiger charge is 2.27. The first-order valence-electron chi connectivity index (χ1n) is 5.55. The average molecular weight is 217 g/mol. The molecule has 0 atom stereocenters. The quantitative estimate of drug-likeness (QED) is 0.816. The third kappa shape index (κ3) is 1.30. The van der Waals surface area contributed by atoms with Crippen molar-refractivity contribution in [2.24, 2.45) is 13.0 Å². The number of hydrogen-bond donors (Lipinski definition) is 1. The number of hydrogen-bond acceptors (Lipinski definition) is 3. The van der Waals surface area contributed by atoms with E-state index in [4.69, 9.17) is 5.11 Å². The van der Waals surface area contributed by atoms with Crippen molar-refractivity contribution in [3.63, 3.8) is 0 Å². The van der Waals surface area contributed by atoms with Gasteiger partial charge in [-0.2, -0.15) is 0 Å². The summed E-state index contributed by atoms with van der Waals surface area (Å²) in [5.41, 5.74) is 3.40. The molecule has 0 spiro atoms. The molecular formula is C12H15N3O. The van der Waals surface area contributed by atoms with E-state index in [1.807, 2.05) is 17.9 Å². The number of benzene rings is 1. The van der Waals surface area contributed by atoms with Gasteiger partial charge < -0.3 is 14.6 Å². The number of aliphatic hydroxyl groups is 1. The maximum absolute atomic E-state index is 9.02. The van der Waals surface area contributed by atoms with Crippen LogP contribution in [0.4, 0.5) is 5.69 Å². The van der Waals surface area contributed by atoms with E-state index >= 15 is 0 Å². The Balaban J connectivity index is 1.98. The number of para-hydroxylation sites is 1. The number of rotatable bonds is 2. The zero-order chi connectivity index (χ0) is 11.1.